The van der Waals surface area contributed by atoms with E-state index in [1.165, 1.54) is 0 Å². The Kier molecular flexibility index (Phi) is 3.78. The summed E-state index contributed by atoms with van der Waals surface area (Å²) < 4.78 is 11.1. The van der Waals surface area contributed by atoms with E-state index in [1.54, 1.807) is 32.2 Å². The lowest BCUT2D eigenvalue weighted by atomic mass is 10.3. The second-order valence-corrected chi connectivity index (χ2v) is 3.54. The number of methoxy groups -OCH3 is 1. The van der Waals surface area contributed by atoms with Gasteiger partial charge in [0.2, 0.25) is 0 Å². The normalized spacial score (nSPS) is 11.6. The van der Waals surface area contributed by atoms with Gasteiger partial charge >= 0.3 is 0 Å². The quantitative estimate of drug-likeness (QED) is 0.834. The van der Waals surface area contributed by atoms with Crippen molar-refractivity contribution in [2.75, 3.05) is 7.11 Å². The second-order valence-electron chi connectivity index (χ2n) is 2.69. The maximum Gasteiger partial charge on any atom is 0.181 e. The van der Waals surface area contributed by atoms with Gasteiger partial charge in [-0.2, -0.15) is 5.26 Å². The molecule has 1 aromatic rings. The Bertz CT molecular complexity index is 360. The van der Waals surface area contributed by atoms with E-state index in [0.29, 0.717) is 5.75 Å². The van der Waals surface area contributed by atoms with Crippen LogP contribution in [0.3, 0.4) is 0 Å². The van der Waals surface area contributed by atoms with Gasteiger partial charge in [-0.3, -0.25) is 0 Å². The van der Waals surface area contributed by atoms with Crippen LogP contribution in [0, 0.1) is 11.3 Å². The van der Waals surface area contributed by atoms with Crippen LogP contribution >= 0.6 is 15.9 Å². The molecule has 0 fully saturated rings. The Morgan fingerprint density at radius 2 is 2.21 bits per heavy atom. The number of nitriles is 1. The molecule has 1 aromatic carbocycles. The highest BCUT2D eigenvalue weighted by Gasteiger charge is 2.06. The molecule has 4 heteroatoms. The smallest absolute Gasteiger partial charge is 0.181 e. The van der Waals surface area contributed by atoms with Crippen LogP contribution in [-0.2, 0) is 0 Å². The molecular weight excluding hydrogens is 246 g/mol. The fraction of sp³-hybridized carbons (Fsp3) is 0.300. The van der Waals surface area contributed by atoms with Crippen molar-refractivity contribution in [3.8, 4) is 17.6 Å². The molecule has 0 bridgehead atoms. The second kappa shape index (κ2) is 4.87. The zero-order chi connectivity index (χ0) is 10.6. The lowest BCUT2D eigenvalue weighted by molar-refractivity contribution is 0.274. The highest BCUT2D eigenvalue weighted by atomic mass is 79.9. The molecule has 0 amide bonds. The summed E-state index contributed by atoms with van der Waals surface area (Å²) in [6.45, 7) is 1.69. The summed E-state index contributed by atoms with van der Waals surface area (Å²) in [6, 6.07) is 7.33. The van der Waals surface area contributed by atoms with E-state index in [-0.39, 0.29) is 0 Å². The average Bonchev–Trinajstić information content (AvgIpc) is 2.20. The molecular formula is C10H10BrNO2. The topological polar surface area (TPSA) is 42.2 Å². The van der Waals surface area contributed by atoms with Crippen molar-refractivity contribution >= 4 is 15.9 Å². The van der Waals surface area contributed by atoms with E-state index in [2.05, 4.69) is 15.9 Å². The van der Waals surface area contributed by atoms with E-state index in [0.717, 1.165) is 10.2 Å². The Morgan fingerprint density at radius 3 is 2.71 bits per heavy atom. The number of nitrogens with zero attached hydrogens (tertiary/aromatic N) is 1. The van der Waals surface area contributed by atoms with E-state index >= 15 is 0 Å². The molecule has 0 saturated carbocycles. The number of ether oxygens (including phenoxy) is 2. The molecule has 1 unspecified atom stereocenters. The predicted octanol–water partition coefficient (Wildman–Crippen LogP) is 2.75. The van der Waals surface area contributed by atoms with Crippen LogP contribution in [-0.4, -0.2) is 13.2 Å². The zero-order valence-electron chi connectivity index (χ0n) is 7.95. The minimum absolute atomic E-state index is 0.459. The minimum Gasteiger partial charge on any atom is -0.497 e. The SMILES string of the molecule is COc1ccc(OC(C)C#N)c(Br)c1. The van der Waals surface area contributed by atoms with Crippen molar-refractivity contribution in [1.82, 2.24) is 0 Å². The molecule has 0 saturated heterocycles. The van der Waals surface area contributed by atoms with Gasteiger partial charge in [-0.15, -0.1) is 0 Å². The Hall–Kier alpha value is -1.21. The fourth-order valence-corrected chi connectivity index (χ4v) is 1.37. The number of hydrogen-bond acceptors (Lipinski definition) is 3. The molecule has 1 rings (SSSR count). The summed E-state index contributed by atoms with van der Waals surface area (Å²) >= 11 is 3.33. The molecule has 0 aliphatic carbocycles. The molecule has 3 nitrogen and oxygen atoms in total. The first-order chi connectivity index (χ1) is 6.67. The molecule has 0 aliphatic heterocycles. The number of benzene rings is 1. The van der Waals surface area contributed by atoms with Gasteiger partial charge in [-0.05, 0) is 41.1 Å². The molecule has 0 radical (unpaired) electrons. The van der Waals surface area contributed by atoms with Crippen LogP contribution < -0.4 is 9.47 Å². The van der Waals surface area contributed by atoms with Crippen molar-refractivity contribution in [1.29, 1.82) is 5.26 Å². The number of rotatable bonds is 3. The molecule has 0 heterocycles. The average molecular weight is 256 g/mol. The van der Waals surface area contributed by atoms with Gasteiger partial charge in [0.25, 0.3) is 0 Å². The molecule has 1 atom stereocenters. The highest BCUT2D eigenvalue weighted by Crippen LogP contribution is 2.29. The third-order valence-corrected chi connectivity index (χ3v) is 2.24. The third-order valence-electron chi connectivity index (χ3n) is 1.62. The summed E-state index contributed by atoms with van der Waals surface area (Å²) in [6.07, 6.45) is -0.459. The van der Waals surface area contributed by atoms with Gasteiger partial charge in [0.1, 0.15) is 17.6 Å². The molecule has 74 valence electrons. The van der Waals surface area contributed by atoms with Crippen LogP contribution in [0.5, 0.6) is 11.5 Å². The van der Waals surface area contributed by atoms with Crippen molar-refractivity contribution in [2.24, 2.45) is 0 Å². The van der Waals surface area contributed by atoms with E-state index < -0.39 is 6.10 Å². The van der Waals surface area contributed by atoms with Crippen molar-refractivity contribution in [3.05, 3.63) is 22.7 Å². The standard InChI is InChI=1S/C10H10BrNO2/c1-7(6-12)14-10-4-3-8(13-2)5-9(10)11/h3-5,7H,1-2H3. The summed E-state index contributed by atoms with van der Waals surface area (Å²) in [4.78, 5) is 0. The highest BCUT2D eigenvalue weighted by molar-refractivity contribution is 9.10. The van der Waals surface area contributed by atoms with Crippen molar-refractivity contribution in [3.63, 3.8) is 0 Å². The van der Waals surface area contributed by atoms with Crippen LogP contribution in [0.1, 0.15) is 6.92 Å². The Morgan fingerprint density at radius 1 is 1.50 bits per heavy atom. The molecule has 0 aliphatic rings. The first-order valence-electron chi connectivity index (χ1n) is 4.07. The largest absolute Gasteiger partial charge is 0.497 e. The van der Waals surface area contributed by atoms with Crippen LogP contribution in [0.15, 0.2) is 22.7 Å². The van der Waals surface area contributed by atoms with Crippen LogP contribution in [0.4, 0.5) is 0 Å². The van der Waals surface area contributed by atoms with E-state index in [9.17, 15) is 0 Å². The Labute approximate surface area is 91.4 Å². The summed E-state index contributed by atoms with van der Waals surface area (Å²) in [5.41, 5.74) is 0. The molecule has 14 heavy (non-hydrogen) atoms. The maximum atomic E-state index is 8.57. The fourth-order valence-electron chi connectivity index (χ4n) is 0.921. The predicted molar refractivity (Wildman–Crippen MR) is 56.4 cm³/mol. The van der Waals surface area contributed by atoms with Crippen LogP contribution in [0.25, 0.3) is 0 Å². The van der Waals surface area contributed by atoms with Gasteiger partial charge in [-0.25, -0.2) is 0 Å². The van der Waals surface area contributed by atoms with Gasteiger partial charge < -0.3 is 9.47 Å². The van der Waals surface area contributed by atoms with Crippen molar-refractivity contribution in [2.45, 2.75) is 13.0 Å². The van der Waals surface area contributed by atoms with Gasteiger partial charge in [-0.1, -0.05) is 0 Å². The van der Waals surface area contributed by atoms with E-state index in [4.69, 9.17) is 14.7 Å². The first-order valence-corrected chi connectivity index (χ1v) is 4.86. The van der Waals surface area contributed by atoms with Gasteiger partial charge in [0.05, 0.1) is 11.6 Å². The van der Waals surface area contributed by atoms with Crippen LogP contribution in [0.2, 0.25) is 0 Å². The lowest BCUT2D eigenvalue weighted by Crippen LogP contribution is -2.08. The summed E-state index contributed by atoms with van der Waals surface area (Å²) in [5, 5.41) is 8.57. The monoisotopic (exact) mass is 255 g/mol. The lowest BCUT2D eigenvalue weighted by Gasteiger charge is -2.10. The first kappa shape index (κ1) is 10.9. The Balaban J connectivity index is 2.85. The maximum absolute atomic E-state index is 8.57. The number of halogens is 1. The van der Waals surface area contributed by atoms with Gasteiger partial charge in [0, 0.05) is 0 Å². The van der Waals surface area contributed by atoms with E-state index in [1.807, 2.05) is 6.07 Å². The minimum atomic E-state index is -0.459. The molecule has 0 spiro atoms. The number of hydrogen-bond donors (Lipinski definition) is 0. The van der Waals surface area contributed by atoms with Crippen molar-refractivity contribution < 1.29 is 9.47 Å². The zero-order valence-corrected chi connectivity index (χ0v) is 9.54. The molecule has 0 N–H and O–H groups in total. The molecule has 0 aromatic heterocycles. The summed E-state index contributed by atoms with van der Waals surface area (Å²) in [7, 11) is 1.60. The summed E-state index contributed by atoms with van der Waals surface area (Å²) in [5.74, 6) is 1.38. The van der Waals surface area contributed by atoms with Gasteiger partial charge in [0.15, 0.2) is 6.10 Å². The third kappa shape index (κ3) is 2.64.